The van der Waals surface area contributed by atoms with Crippen LogP contribution in [0.5, 0.6) is 5.75 Å². The van der Waals surface area contributed by atoms with Crippen molar-refractivity contribution in [1.29, 1.82) is 0 Å². The summed E-state index contributed by atoms with van der Waals surface area (Å²) < 4.78 is 6.46. The van der Waals surface area contributed by atoms with E-state index in [9.17, 15) is 14.4 Å². The molecule has 0 radical (unpaired) electrons. The quantitative estimate of drug-likeness (QED) is 0.643. The Morgan fingerprint density at radius 3 is 2.62 bits per heavy atom. The Balaban J connectivity index is 1.27. The fraction of sp³-hybridized carbons (Fsp3) is 0.444. The van der Waals surface area contributed by atoms with Gasteiger partial charge in [-0.3, -0.25) is 19.7 Å². The van der Waals surface area contributed by atoms with E-state index in [2.05, 4.69) is 41.8 Å². The molecule has 2 N–H and O–H groups in total. The van der Waals surface area contributed by atoms with Crippen molar-refractivity contribution in [3.05, 3.63) is 65.2 Å². The smallest absolute Gasteiger partial charge is 0.255 e. The predicted octanol–water partition coefficient (Wildman–Crippen LogP) is 3.49. The molecule has 3 amide bonds. The molecular formula is C27H31N3O4. The maximum Gasteiger partial charge on any atom is 0.255 e. The second-order valence-corrected chi connectivity index (χ2v) is 9.57. The number of ether oxygens (including phenoxy) is 1. The molecule has 0 aromatic heterocycles. The van der Waals surface area contributed by atoms with Crippen LogP contribution in [0.15, 0.2) is 48.5 Å². The maximum atomic E-state index is 12.9. The second-order valence-electron chi connectivity index (χ2n) is 9.57. The largest absolute Gasteiger partial charge is 0.489 e. The van der Waals surface area contributed by atoms with Gasteiger partial charge in [0.1, 0.15) is 17.9 Å². The highest BCUT2D eigenvalue weighted by Crippen LogP contribution is 2.32. The summed E-state index contributed by atoms with van der Waals surface area (Å²) in [7, 11) is 0. The van der Waals surface area contributed by atoms with Crippen LogP contribution in [0.4, 0.5) is 0 Å². The number of carbonyl (C=O) groups is 3. The Bertz CT molecular complexity index is 1090. The van der Waals surface area contributed by atoms with Gasteiger partial charge in [-0.25, -0.2) is 0 Å². The zero-order chi connectivity index (χ0) is 23.7. The summed E-state index contributed by atoms with van der Waals surface area (Å²) in [6.07, 6.45) is 5.03. The van der Waals surface area contributed by atoms with E-state index in [4.69, 9.17) is 4.74 Å². The van der Waals surface area contributed by atoms with Gasteiger partial charge in [0.2, 0.25) is 11.8 Å². The Morgan fingerprint density at radius 2 is 1.82 bits per heavy atom. The Hall–Kier alpha value is -3.19. The first-order valence-electron chi connectivity index (χ1n) is 12.2. The van der Waals surface area contributed by atoms with Crippen molar-refractivity contribution < 1.29 is 19.1 Å². The van der Waals surface area contributed by atoms with Gasteiger partial charge >= 0.3 is 0 Å². The standard InChI is InChI=1S/C27H31N3O4/c1-17(18-7-3-2-4-8-18)28-22-9-5-6-10-24(22)34-20-11-12-21-19(15-20)16-30(27(21)33)23-13-14-25(31)29-26(23)32/h2-4,7-8,11-12,15,17,22-24,28H,5-6,9-10,13-14,16H2,1H3,(H,29,31,32)/t17-,22?,23?,24?/m1/s1. The van der Waals surface area contributed by atoms with E-state index in [0.717, 1.165) is 30.6 Å². The van der Waals surface area contributed by atoms with Gasteiger partial charge in [0.25, 0.3) is 5.91 Å². The zero-order valence-electron chi connectivity index (χ0n) is 19.5. The van der Waals surface area contributed by atoms with Gasteiger partial charge in [-0.15, -0.1) is 0 Å². The van der Waals surface area contributed by atoms with Crippen LogP contribution in [0.3, 0.4) is 0 Å². The molecular weight excluding hydrogens is 430 g/mol. The SMILES string of the molecule is C[C@@H](NC1CCCCC1Oc1ccc2c(c1)CN(C1CCC(=O)NC1=O)C2=O)c1ccccc1. The average Bonchev–Trinajstić information content (AvgIpc) is 3.16. The maximum absolute atomic E-state index is 12.9. The highest BCUT2D eigenvalue weighted by molar-refractivity contribution is 6.05. The van der Waals surface area contributed by atoms with Crippen LogP contribution in [0.25, 0.3) is 0 Å². The highest BCUT2D eigenvalue weighted by atomic mass is 16.5. The molecule has 2 aromatic rings. The third-order valence-electron chi connectivity index (χ3n) is 7.25. The third kappa shape index (κ3) is 4.57. The average molecular weight is 462 g/mol. The van der Waals surface area contributed by atoms with Gasteiger partial charge in [0.05, 0.1) is 0 Å². The molecule has 0 spiro atoms. The molecule has 3 aliphatic rings. The first-order valence-corrected chi connectivity index (χ1v) is 12.2. The number of nitrogens with one attached hydrogen (secondary N) is 2. The fourth-order valence-corrected chi connectivity index (χ4v) is 5.39. The highest BCUT2D eigenvalue weighted by Gasteiger charge is 2.39. The minimum absolute atomic E-state index is 0.0568. The Labute approximate surface area is 199 Å². The number of nitrogens with zero attached hydrogens (tertiary/aromatic N) is 1. The number of rotatable bonds is 6. The molecule has 5 rings (SSSR count). The van der Waals surface area contributed by atoms with Crippen LogP contribution < -0.4 is 15.4 Å². The van der Waals surface area contributed by atoms with Crippen molar-refractivity contribution in [2.75, 3.05) is 0 Å². The summed E-state index contributed by atoms with van der Waals surface area (Å²) in [5.41, 5.74) is 2.73. The lowest BCUT2D eigenvalue weighted by molar-refractivity contribution is -0.136. The van der Waals surface area contributed by atoms with Crippen LogP contribution in [-0.2, 0) is 16.1 Å². The minimum Gasteiger partial charge on any atom is -0.489 e. The van der Waals surface area contributed by atoms with Gasteiger partial charge in [-0.2, -0.15) is 0 Å². The normalized spacial score (nSPS) is 25.6. The molecule has 4 atom stereocenters. The summed E-state index contributed by atoms with van der Waals surface area (Å²) in [6, 6.07) is 15.9. The summed E-state index contributed by atoms with van der Waals surface area (Å²) in [5, 5.41) is 6.11. The number of amides is 3. The van der Waals surface area contributed by atoms with Crippen molar-refractivity contribution in [3.8, 4) is 5.75 Å². The van der Waals surface area contributed by atoms with Crippen molar-refractivity contribution in [2.24, 2.45) is 0 Å². The van der Waals surface area contributed by atoms with Crippen LogP contribution in [0, 0.1) is 0 Å². The first kappa shape index (κ1) is 22.6. The van der Waals surface area contributed by atoms with E-state index in [-0.39, 0.29) is 36.4 Å². The summed E-state index contributed by atoms with van der Waals surface area (Å²) in [6.45, 7) is 2.54. The number of fused-ring (bicyclic) bond motifs is 1. The number of piperidine rings is 1. The predicted molar refractivity (Wildman–Crippen MR) is 127 cm³/mol. The zero-order valence-corrected chi connectivity index (χ0v) is 19.5. The number of hydrogen-bond donors (Lipinski definition) is 2. The van der Waals surface area contributed by atoms with Crippen LogP contribution in [-0.4, -0.2) is 40.8 Å². The second kappa shape index (κ2) is 9.58. The number of benzene rings is 2. The van der Waals surface area contributed by atoms with Crippen molar-refractivity contribution >= 4 is 17.7 Å². The van der Waals surface area contributed by atoms with Crippen molar-refractivity contribution in [3.63, 3.8) is 0 Å². The molecule has 2 aromatic carbocycles. The topological polar surface area (TPSA) is 87.7 Å². The first-order chi connectivity index (χ1) is 16.5. The van der Waals surface area contributed by atoms with Crippen LogP contribution in [0.1, 0.15) is 73.0 Å². The van der Waals surface area contributed by atoms with Crippen LogP contribution in [0.2, 0.25) is 0 Å². The van der Waals surface area contributed by atoms with Gasteiger partial charge in [-0.05, 0) is 61.9 Å². The molecule has 178 valence electrons. The summed E-state index contributed by atoms with van der Waals surface area (Å²) in [4.78, 5) is 38.3. The number of hydrogen-bond acceptors (Lipinski definition) is 5. The molecule has 0 bridgehead atoms. The van der Waals surface area contributed by atoms with E-state index in [1.165, 1.54) is 12.0 Å². The summed E-state index contributed by atoms with van der Waals surface area (Å²) >= 11 is 0. The van der Waals surface area contributed by atoms with E-state index in [1.807, 2.05) is 18.2 Å². The molecule has 2 heterocycles. The molecule has 3 unspecified atom stereocenters. The molecule has 2 fully saturated rings. The van der Waals surface area contributed by atoms with Gasteiger partial charge in [-0.1, -0.05) is 36.8 Å². The van der Waals surface area contributed by atoms with E-state index in [1.54, 1.807) is 11.0 Å². The van der Waals surface area contributed by atoms with E-state index >= 15 is 0 Å². The van der Waals surface area contributed by atoms with Crippen molar-refractivity contribution in [2.45, 2.75) is 76.2 Å². The van der Waals surface area contributed by atoms with Crippen molar-refractivity contribution in [1.82, 2.24) is 15.5 Å². The molecule has 1 saturated carbocycles. The minimum atomic E-state index is -0.603. The molecule has 1 aliphatic carbocycles. The third-order valence-corrected chi connectivity index (χ3v) is 7.25. The Morgan fingerprint density at radius 1 is 1.03 bits per heavy atom. The fourth-order valence-electron chi connectivity index (χ4n) is 5.39. The van der Waals surface area contributed by atoms with Gasteiger partial charge < -0.3 is 15.0 Å². The van der Waals surface area contributed by atoms with E-state index < -0.39 is 11.9 Å². The molecule has 34 heavy (non-hydrogen) atoms. The van der Waals surface area contributed by atoms with Gasteiger partial charge in [0, 0.05) is 30.6 Å². The summed E-state index contributed by atoms with van der Waals surface area (Å²) in [5.74, 6) is -0.0801. The van der Waals surface area contributed by atoms with E-state index in [0.29, 0.717) is 18.5 Å². The lowest BCUT2D eigenvalue weighted by atomic mass is 9.91. The number of imide groups is 1. The monoisotopic (exact) mass is 461 g/mol. The van der Waals surface area contributed by atoms with Crippen LogP contribution >= 0.6 is 0 Å². The molecule has 2 aliphatic heterocycles. The lowest BCUT2D eigenvalue weighted by Gasteiger charge is -2.34. The Kier molecular flexibility index (Phi) is 6.37. The lowest BCUT2D eigenvalue weighted by Crippen LogP contribution is -2.52. The number of carbonyl (C=O) groups excluding carboxylic acids is 3. The van der Waals surface area contributed by atoms with Gasteiger partial charge in [0.15, 0.2) is 0 Å². The molecule has 1 saturated heterocycles. The molecule has 7 nitrogen and oxygen atoms in total. The molecule has 7 heteroatoms.